The molecule has 0 radical (unpaired) electrons. The molecular weight excluding hydrogens is 210 g/mol. The zero-order chi connectivity index (χ0) is 12.7. The second-order valence-corrected chi connectivity index (χ2v) is 6.05. The molecule has 98 valence electrons. The maximum atomic E-state index is 12.0. The van der Waals surface area contributed by atoms with Crippen molar-refractivity contribution >= 4 is 5.78 Å². The van der Waals surface area contributed by atoms with Crippen LogP contribution in [0, 0.1) is 10.8 Å². The molecule has 2 fully saturated rings. The molecule has 1 aliphatic carbocycles. The highest BCUT2D eigenvalue weighted by atomic mass is 16.1. The van der Waals surface area contributed by atoms with Crippen molar-refractivity contribution in [3.63, 3.8) is 0 Å². The second kappa shape index (κ2) is 4.38. The van der Waals surface area contributed by atoms with E-state index in [0.717, 1.165) is 13.0 Å². The molecular formula is C15H27NO. The fourth-order valence-electron chi connectivity index (χ4n) is 4.31. The van der Waals surface area contributed by atoms with E-state index < -0.39 is 0 Å². The van der Waals surface area contributed by atoms with Crippen molar-refractivity contribution in [2.45, 2.75) is 65.8 Å². The molecule has 1 heterocycles. The highest BCUT2D eigenvalue weighted by Gasteiger charge is 2.68. The first-order chi connectivity index (χ1) is 8.08. The van der Waals surface area contributed by atoms with E-state index >= 15 is 0 Å². The molecule has 1 saturated heterocycles. The van der Waals surface area contributed by atoms with Gasteiger partial charge in [0.05, 0.1) is 6.04 Å². The number of carbonyl (C=O) groups excluding carboxylic acids is 1. The lowest BCUT2D eigenvalue weighted by Gasteiger charge is -2.21. The number of hydrogen-bond acceptors (Lipinski definition) is 2. The lowest BCUT2D eigenvalue weighted by molar-refractivity contribution is -0.123. The van der Waals surface area contributed by atoms with Crippen LogP contribution >= 0.6 is 0 Å². The number of likely N-dealkylation sites (N-methyl/N-ethyl adjacent to an activating group) is 1. The van der Waals surface area contributed by atoms with E-state index in [0.29, 0.717) is 23.0 Å². The van der Waals surface area contributed by atoms with Gasteiger partial charge >= 0.3 is 0 Å². The van der Waals surface area contributed by atoms with Gasteiger partial charge in [0, 0.05) is 13.0 Å². The number of ketones is 1. The third kappa shape index (κ3) is 1.76. The largest absolute Gasteiger partial charge is 0.298 e. The van der Waals surface area contributed by atoms with E-state index in [9.17, 15) is 4.79 Å². The minimum Gasteiger partial charge on any atom is -0.298 e. The number of nitrogens with zero attached hydrogens (tertiary/aromatic N) is 1. The van der Waals surface area contributed by atoms with Crippen LogP contribution in [0.1, 0.15) is 59.8 Å². The number of likely N-dealkylation sites (tertiary alicyclic amines) is 1. The topological polar surface area (TPSA) is 20.3 Å². The fraction of sp³-hybridized carbons (Fsp3) is 0.933. The van der Waals surface area contributed by atoms with E-state index in [1.54, 1.807) is 0 Å². The molecule has 2 nitrogen and oxygen atoms in total. The minimum absolute atomic E-state index is 0.227. The first kappa shape index (κ1) is 13.1. The molecule has 0 aromatic rings. The summed E-state index contributed by atoms with van der Waals surface area (Å²) in [6.07, 6.45) is 5.76. The summed E-state index contributed by atoms with van der Waals surface area (Å²) in [5, 5.41) is 0. The van der Waals surface area contributed by atoms with Crippen molar-refractivity contribution < 1.29 is 4.79 Å². The van der Waals surface area contributed by atoms with Crippen molar-refractivity contribution in [3.05, 3.63) is 0 Å². The van der Waals surface area contributed by atoms with Crippen LogP contribution in [-0.2, 0) is 4.79 Å². The number of Topliss-reactive ketones (excluding diaryl/α,β-unsaturated/α-hetero) is 1. The van der Waals surface area contributed by atoms with Gasteiger partial charge in [-0.15, -0.1) is 0 Å². The third-order valence-electron chi connectivity index (χ3n) is 5.69. The van der Waals surface area contributed by atoms with Crippen LogP contribution in [-0.4, -0.2) is 29.8 Å². The molecule has 17 heavy (non-hydrogen) atoms. The zero-order valence-corrected chi connectivity index (χ0v) is 11.9. The Morgan fingerprint density at radius 2 is 1.88 bits per heavy atom. The molecule has 0 N–H and O–H groups in total. The van der Waals surface area contributed by atoms with Crippen molar-refractivity contribution in [3.8, 4) is 0 Å². The van der Waals surface area contributed by atoms with Crippen molar-refractivity contribution in [2.24, 2.45) is 10.8 Å². The Morgan fingerprint density at radius 3 is 2.29 bits per heavy atom. The van der Waals surface area contributed by atoms with Gasteiger partial charge in [0.2, 0.25) is 0 Å². The molecule has 0 unspecified atom stereocenters. The average molecular weight is 237 g/mol. The Balaban J connectivity index is 2.14. The quantitative estimate of drug-likeness (QED) is 0.731. The van der Waals surface area contributed by atoms with Crippen LogP contribution in [0.25, 0.3) is 0 Å². The molecule has 2 atom stereocenters. The molecule has 2 heteroatoms. The van der Waals surface area contributed by atoms with Gasteiger partial charge in [-0.1, -0.05) is 27.7 Å². The van der Waals surface area contributed by atoms with Crippen molar-refractivity contribution in [2.75, 3.05) is 13.1 Å². The smallest absolute Gasteiger partial charge is 0.149 e. The van der Waals surface area contributed by atoms with E-state index in [4.69, 9.17) is 0 Å². The third-order valence-corrected chi connectivity index (χ3v) is 5.69. The molecule has 0 bridgehead atoms. The predicted octanol–water partition coefficient (Wildman–Crippen LogP) is 3.26. The van der Waals surface area contributed by atoms with Gasteiger partial charge in [0.1, 0.15) is 5.78 Å². The Hall–Kier alpha value is -0.370. The van der Waals surface area contributed by atoms with Gasteiger partial charge < -0.3 is 0 Å². The second-order valence-electron chi connectivity index (χ2n) is 6.05. The van der Waals surface area contributed by atoms with E-state index in [1.807, 2.05) is 6.92 Å². The van der Waals surface area contributed by atoms with Crippen molar-refractivity contribution in [1.82, 2.24) is 4.90 Å². The van der Waals surface area contributed by atoms with Crippen LogP contribution in [0.15, 0.2) is 0 Å². The van der Waals surface area contributed by atoms with Crippen LogP contribution in [0.5, 0.6) is 0 Å². The minimum atomic E-state index is 0.227. The Labute approximate surface area is 106 Å². The summed E-state index contributed by atoms with van der Waals surface area (Å²) in [5.41, 5.74) is 1.05. The van der Waals surface area contributed by atoms with Crippen molar-refractivity contribution in [1.29, 1.82) is 0 Å². The SMILES string of the molecule is CCC(=O)[C@@H]1C[C@@]2(CN1CC)CC2(CC)CC. The van der Waals surface area contributed by atoms with E-state index in [1.165, 1.54) is 25.8 Å². The summed E-state index contributed by atoms with van der Waals surface area (Å²) in [6.45, 7) is 11.0. The molecule has 1 spiro atoms. The summed E-state index contributed by atoms with van der Waals surface area (Å²) in [4.78, 5) is 14.5. The first-order valence-corrected chi connectivity index (χ1v) is 7.35. The summed E-state index contributed by atoms with van der Waals surface area (Å²) in [5.74, 6) is 0.455. The van der Waals surface area contributed by atoms with Crippen LogP contribution in [0.4, 0.5) is 0 Å². The maximum absolute atomic E-state index is 12.0. The maximum Gasteiger partial charge on any atom is 0.149 e. The van der Waals surface area contributed by atoms with Crippen LogP contribution in [0.2, 0.25) is 0 Å². The number of carbonyl (C=O) groups is 1. The van der Waals surface area contributed by atoms with Gasteiger partial charge in [0.15, 0.2) is 0 Å². The normalized spacial score (nSPS) is 35.4. The highest BCUT2D eigenvalue weighted by molar-refractivity contribution is 5.84. The molecule has 0 aromatic heterocycles. The molecule has 2 rings (SSSR count). The summed E-state index contributed by atoms with van der Waals surface area (Å²) in [6, 6.07) is 0.227. The molecule has 1 saturated carbocycles. The molecule has 2 aliphatic rings. The lowest BCUT2D eigenvalue weighted by atomic mass is 9.85. The fourth-order valence-corrected chi connectivity index (χ4v) is 4.31. The summed E-state index contributed by atoms with van der Waals surface area (Å²) in [7, 11) is 0. The predicted molar refractivity (Wildman–Crippen MR) is 71.0 cm³/mol. The Kier molecular flexibility index (Phi) is 3.37. The first-order valence-electron chi connectivity index (χ1n) is 7.35. The van der Waals surface area contributed by atoms with Gasteiger partial charge in [-0.25, -0.2) is 0 Å². The molecule has 1 aliphatic heterocycles. The van der Waals surface area contributed by atoms with E-state index in [-0.39, 0.29) is 6.04 Å². The van der Waals surface area contributed by atoms with E-state index in [2.05, 4.69) is 25.7 Å². The number of rotatable bonds is 5. The monoisotopic (exact) mass is 237 g/mol. The van der Waals surface area contributed by atoms with Crippen LogP contribution in [0.3, 0.4) is 0 Å². The molecule has 0 aromatic carbocycles. The Morgan fingerprint density at radius 1 is 1.24 bits per heavy atom. The zero-order valence-electron chi connectivity index (χ0n) is 11.9. The summed E-state index contributed by atoms with van der Waals surface area (Å²) >= 11 is 0. The summed E-state index contributed by atoms with van der Waals surface area (Å²) < 4.78 is 0. The van der Waals surface area contributed by atoms with Gasteiger partial charge in [-0.3, -0.25) is 9.69 Å². The van der Waals surface area contributed by atoms with Gasteiger partial charge in [0.25, 0.3) is 0 Å². The average Bonchev–Trinajstić information content (AvgIpc) is 2.82. The highest BCUT2D eigenvalue weighted by Crippen LogP contribution is 2.72. The Bertz CT molecular complexity index is 308. The van der Waals surface area contributed by atoms with Crippen LogP contribution < -0.4 is 0 Å². The van der Waals surface area contributed by atoms with Gasteiger partial charge in [-0.05, 0) is 43.1 Å². The lowest BCUT2D eigenvalue weighted by Crippen LogP contribution is -2.35. The number of hydrogen-bond donors (Lipinski definition) is 0. The van der Waals surface area contributed by atoms with Gasteiger partial charge in [-0.2, -0.15) is 0 Å². The standard InChI is InChI=1S/C15H27NO/c1-5-13(17)12-9-15(11-16(12)8-4)10-14(15,6-2)7-3/h12H,5-11H2,1-4H3/t12-,15-/m0/s1. The molecule has 0 amide bonds.